The Balaban J connectivity index is 1.37. The molecule has 6 nitrogen and oxygen atoms in total. The summed E-state index contributed by atoms with van der Waals surface area (Å²) >= 11 is 0. The zero-order valence-corrected chi connectivity index (χ0v) is 14.8. The number of oxazole rings is 1. The summed E-state index contributed by atoms with van der Waals surface area (Å²) in [5, 5.41) is 18.8. The van der Waals surface area contributed by atoms with Crippen molar-refractivity contribution in [2.45, 2.75) is 13.0 Å². The van der Waals surface area contributed by atoms with E-state index in [0.717, 1.165) is 22.2 Å². The van der Waals surface area contributed by atoms with Crippen LogP contribution >= 0.6 is 0 Å². The topological polar surface area (TPSA) is 92.8 Å². The fourth-order valence-corrected chi connectivity index (χ4v) is 2.80. The quantitative estimate of drug-likeness (QED) is 0.401. The molecule has 0 unspecified atom stereocenters. The second-order valence-corrected chi connectivity index (χ2v) is 6.34. The predicted molar refractivity (Wildman–Crippen MR) is 103 cm³/mol. The molecule has 0 atom stereocenters. The van der Waals surface area contributed by atoms with Crippen LogP contribution in [0.4, 0.5) is 0 Å². The van der Waals surface area contributed by atoms with E-state index in [1.54, 1.807) is 6.07 Å². The van der Waals surface area contributed by atoms with Gasteiger partial charge in [-0.1, -0.05) is 30.3 Å². The van der Waals surface area contributed by atoms with Crippen molar-refractivity contribution in [1.29, 1.82) is 0 Å². The van der Waals surface area contributed by atoms with E-state index in [0.29, 0.717) is 11.5 Å². The monoisotopic (exact) mass is 375 g/mol. The molecule has 1 heterocycles. The number of nitrogens with zero attached hydrogens (tertiary/aromatic N) is 1. The van der Waals surface area contributed by atoms with Crippen molar-refractivity contribution in [2.24, 2.45) is 0 Å². The Morgan fingerprint density at radius 3 is 2.43 bits per heavy atom. The minimum absolute atomic E-state index is 0.00876. The van der Waals surface area contributed by atoms with Gasteiger partial charge in [-0.2, -0.15) is 0 Å². The third kappa shape index (κ3) is 3.81. The summed E-state index contributed by atoms with van der Waals surface area (Å²) in [4.78, 5) is 16.4. The van der Waals surface area contributed by atoms with Crippen LogP contribution in [0.1, 0.15) is 11.1 Å². The van der Waals surface area contributed by atoms with Gasteiger partial charge in [-0.3, -0.25) is 4.79 Å². The normalized spacial score (nSPS) is 10.9. The summed E-state index contributed by atoms with van der Waals surface area (Å²) in [5.41, 5.74) is 3.77. The summed E-state index contributed by atoms with van der Waals surface area (Å²) in [5.74, 6) is -0.374. The third-order valence-corrected chi connectivity index (χ3v) is 4.28. The van der Waals surface area contributed by atoms with Crippen molar-refractivity contribution in [3.05, 3.63) is 77.9 Å². The standard InChI is InChI=1S/C22H17NO5/c24-18-10-7-15(11-19(18)25)12-21(26)27-13-14-5-8-16(9-6-14)22-23-17-3-1-2-4-20(17)28-22/h1-11,24-25H,12-13H2. The number of carbonyl (C=O) groups excluding carboxylic acids is 1. The maximum atomic E-state index is 12.0. The smallest absolute Gasteiger partial charge is 0.310 e. The van der Waals surface area contributed by atoms with Crippen molar-refractivity contribution in [1.82, 2.24) is 4.98 Å². The number of aromatic nitrogens is 1. The van der Waals surface area contributed by atoms with E-state index < -0.39 is 5.97 Å². The molecule has 0 saturated heterocycles. The van der Waals surface area contributed by atoms with Gasteiger partial charge in [-0.05, 0) is 47.5 Å². The van der Waals surface area contributed by atoms with Crippen molar-refractivity contribution in [3.8, 4) is 23.0 Å². The number of para-hydroxylation sites is 2. The van der Waals surface area contributed by atoms with Crippen molar-refractivity contribution in [2.75, 3.05) is 0 Å². The number of esters is 1. The molecule has 140 valence electrons. The zero-order valence-electron chi connectivity index (χ0n) is 14.8. The van der Waals surface area contributed by atoms with E-state index in [9.17, 15) is 15.0 Å². The van der Waals surface area contributed by atoms with E-state index in [1.807, 2.05) is 48.5 Å². The third-order valence-electron chi connectivity index (χ3n) is 4.28. The SMILES string of the molecule is O=C(Cc1ccc(O)c(O)c1)OCc1ccc(-c2nc3ccccc3o2)cc1. The fraction of sp³-hybridized carbons (Fsp3) is 0.0909. The molecule has 0 saturated carbocycles. The Morgan fingerprint density at radius 2 is 1.68 bits per heavy atom. The van der Waals surface area contributed by atoms with Crippen LogP contribution in [0.3, 0.4) is 0 Å². The first-order valence-corrected chi connectivity index (χ1v) is 8.70. The molecule has 4 aromatic rings. The molecule has 3 aromatic carbocycles. The average molecular weight is 375 g/mol. The van der Waals surface area contributed by atoms with Crippen LogP contribution in [0.25, 0.3) is 22.6 Å². The number of phenolic OH excluding ortho intramolecular Hbond substituents is 2. The van der Waals surface area contributed by atoms with Crippen LogP contribution in [0, 0.1) is 0 Å². The summed E-state index contributed by atoms with van der Waals surface area (Å²) in [6, 6.07) is 19.2. The van der Waals surface area contributed by atoms with Crippen molar-refractivity contribution < 1.29 is 24.2 Å². The molecular weight excluding hydrogens is 358 g/mol. The molecule has 0 aliphatic heterocycles. The lowest BCUT2D eigenvalue weighted by Crippen LogP contribution is -2.07. The number of ether oxygens (including phenoxy) is 1. The van der Waals surface area contributed by atoms with Gasteiger partial charge in [0.05, 0.1) is 6.42 Å². The largest absolute Gasteiger partial charge is 0.504 e. The van der Waals surface area contributed by atoms with Crippen LogP contribution in [0.15, 0.2) is 71.1 Å². The van der Waals surface area contributed by atoms with Gasteiger partial charge in [0.25, 0.3) is 0 Å². The molecule has 0 aliphatic carbocycles. The van der Waals surface area contributed by atoms with Crippen molar-refractivity contribution >= 4 is 17.1 Å². The fourth-order valence-electron chi connectivity index (χ4n) is 2.80. The van der Waals surface area contributed by atoms with Gasteiger partial charge >= 0.3 is 5.97 Å². The minimum Gasteiger partial charge on any atom is -0.504 e. The molecule has 0 amide bonds. The van der Waals surface area contributed by atoms with Gasteiger partial charge in [0.1, 0.15) is 12.1 Å². The lowest BCUT2D eigenvalue weighted by atomic mass is 10.1. The zero-order chi connectivity index (χ0) is 19.5. The lowest BCUT2D eigenvalue weighted by Gasteiger charge is -2.06. The minimum atomic E-state index is -0.423. The first-order valence-electron chi connectivity index (χ1n) is 8.70. The Morgan fingerprint density at radius 1 is 0.929 bits per heavy atom. The molecule has 2 N–H and O–H groups in total. The Kier molecular flexibility index (Phi) is 4.68. The molecule has 0 fully saturated rings. The van der Waals surface area contributed by atoms with Gasteiger partial charge < -0.3 is 19.4 Å². The molecule has 0 radical (unpaired) electrons. The molecule has 6 heteroatoms. The van der Waals surface area contributed by atoms with E-state index in [1.165, 1.54) is 12.1 Å². The average Bonchev–Trinajstić information content (AvgIpc) is 3.14. The molecule has 1 aromatic heterocycles. The van der Waals surface area contributed by atoms with Gasteiger partial charge in [-0.25, -0.2) is 4.98 Å². The Labute approximate surface area is 160 Å². The number of hydrogen-bond donors (Lipinski definition) is 2. The highest BCUT2D eigenvalue weighted by Gasteiger charge is 2.10. The van der Waals surface area contributed by atoms with Crippen LogP contribution < -0.4 is 0 Å². The maximum absolute atomic E-state index is 12.0. The van der Waals surface area contributed by atoms with Crippen molar-refractivity contribution in [3.63, 3.8) is 0 Å². The summed E-state index contributed by atoms with van der Waals surface area (Å²) < 4.78 is 11.0. The number of rotatable bonds is 5. The molecule has 28 heavy (non-hydrogen) atoms. The van der Waals surface area contributed by atoms with Gasteiger partial charge in [0.15, 0.2) is 17.1 Å². The highest BCUT2D eigenvalue weighted by molar-refractivity contribution is 5.76. The first-order chi connectivity index (χ1) is 13.6. The summed E-state index contributed by atoms with van der Waals surface area (Å²) in [6.07, 6.45) is 0.00876. The van der Waals surface area contributed by atoms with E-state index >= 15 is 0 Å². The summed E-state index contributed by atoms with van der Waals surface area (Å²) in [6.45, 7) is 0.136. The van der Waals surface area contributed by atoms with E-state index in [4.69, 9.17) is 9.15 Å². The second-order valence-electron chi connectivity index (χ2n) is 6.34. The maximum Gasteiger partial charge on any atom is 0.310 e. The molecule has 0 spiro atoms. The number of phenols is 2. The number of fused-ring (bicyclic) bond motifs is 1. The lowest BCUT2D eigenvalue weighted by molar-refractivity contribution is -0.144. The molecule has 0 aliphatic rings. The van der Waals surface area contributed by atoms with Crippen LogP contribution in [-0.2, 0) is 22.6 Å². The van der Waals surface area contributed by atoms with Gasteiger partial charge in [0, 0.05) is 5.56 Å². The van der Waals surface area contributed by atoms with Crippen LogP contribution in [0.5, 0.6) is 11.5 Å². The molecule has 4 rings (SSSR count). The number of hydrogen-bond acceptors (Lipinski definition) is 6. The summed E-state index contributed by atoms with van der Waals surface area (Å²) in [7, 11) is 0. The van der Waals surface area contributed by atoms with Crippen LogP contribution in [-0.4, -0.2) is 21.2 Å². The van der Waals surface area contributed by atoms with E-state index in [2.05, 4.69) is 4.98 Å². The number of carbonyl (C=O) groups is 1. The molecule has 0 bridgehead atoms. The van der Waals surface area contributed by atoms with E-state index in [-0.39, 0.29) is 24.5 Å². The van der Waals surface area contributed by atoms with Crippen LogP contribution in [0.2, 0.25) is 0 Å². The second kappa shape index (κ2) is 7.44. The number of benzene rings is 3. The molecular formula is C22H17NO5. The Bertz CT molecular complexity index is 1100. The van der Waals surface area contributed by atoms with Gasteiger partial charge in [-0.15, -0.1) is 0 Å². The van der Waals surface area contributed by atoms with Gasteiger partial charge in [0.2, 0.25) is 5.89 Å². The first kappa shape index (κ1) is 17.6. The number of aromatic hydroxyl groups is 2. The highest BCUT2D eigenvalue weighted by Crippen LogP contribution is 2.26. The Hall–Kier alpha value is -3.80. The highest BCUT2D eigenvalue weighted by atomic mass is 16.5. The predicted octanol–water partition coefficient (Wildman–Crippen LogP) is 4.19.